The summed E-state index contributed by atoms with van der Waals surface area (Å²) < 4.78 is 54.8. The third-order valence-electron chi connectivity index (χ3n) is 5.82. The zero-order chi connectivity index (χ0) is 26.6. The van der Waals surface area contributed by atoms with Crippen molar-refractivity contribution >= 4 is 49.0 Å². The number of amides is 1. The van der Waals surface area contributed by atoms with Gasteiger partial charge in [0.05, 0.1) is 26.2 Å². The largest absolute Gasteiger partial charge is 0.278 e. The normalized spacial score (nSPS) is 14.9. The molecule has 0 aromatic heterocycles. The maximum atomic E-state index is 12.8. The first-order chi connectivity index (χ1) is 17.6. The van der Waals surface area contributed by atoms with Crippen molar-refractivity contribution in [2.24, 2.45) is 5.10 Å². The lowest BCUT2D eigenvalue weighted by molar-refractivity contribution is 0.0954. The average molecular weight is 561 g/mol. The maximum absolute atomic E-state index is 12.8. The van der Waals surface area contributed by atoms with E-state index in [-0.39, 0.29) is 26.1 Å². The summed E-state index contributed by atoms with van der Waals surface area (Å²) in [6.45, 7) is 2.71. The zero-order valence-electron chi connectivity index (χ0n) is 19.9. The van der Waals surface area contributed by atoms with E-state index < -0.39 is 26.0 Å². The van der Waals surface area contributed by atoms with Crippen molar-refractivity contribution in [3.8, 4) is 0 Å². The van der Waals surface area contributed by atoms with Gasteiger partial charge in [-0.05, 0) is 67.8 Å². The SMILES string of the molecule is C/C(=N\NC(=O)c1cccc(S(=O)(=O)Nc2ccccc2Cl)c1)c1ccc(S(=O)(=O)N2CCCC2)cc1. The van der Waals surface area contributed by atoms with Gasteiger partial charge in [-0.2, -0.15) is 9.41 Å². The Morgan fingerprint density at radius 1 is 0.865 bits per heavy atom. The number of sulfonamides is 2. The van der Waals surface area contributed by atoms with Gasteiger partial charge < -0.3 is 0 Å². The van der Waals surface area contributed by atoms with Crippen molar-refractivity contribution in [1.29, 1.82) is 0 Å². The van der Waals surface area contributed by atoms with E-state index in [4.69, 9.17) is 11.6 Å². The molecule has 1 aliphatic rings. The molecule has 37 heavy (non-hydrogen) atoms. The Bertz CT molecular complexity index is 1550. The van der Waals surface area contributed by atoms with Gasteiger partial charge in [-0.1, -0.05) is 41.9 Å². The first kappa shape index (κ1) is 26.8. The van der Waals surface area contributed by atoms with Crippen molar-refractivity contribution in [2.45, 2.75) is 29.6 Å². The summed E-state index contributed by atoms with van der Waals surface area (Å²) >= 11 is 6.04. The van der Waals surface area contributed by atoms with Crippen LogP contribution in [-0.4, -0.2) is 45.8 Å². The summed E-state index contributed by atoms with van der Waals surface area (Å²) in [6, 6.07) is 18.2. The monoisotopic (exact) mass is 560 g/mol. The van der Waals surface area contributed by atoms with Crippen molar-refractivity contribution < 1.29 is 21.6 Å². The standard InChI is InChI=1S/C25H25ClN4O5S2/c1-18(19-11-13-21(14-12-19)37(34,35)30-15-4-5-16-30)27-28-25(31)20-7-6-8-22(17-20)36(32,33)29-24-10-3-2-9-23(24)26/h2-3,6-14,17,29H,4-5,15-16H2,1H3,(H,28,31)/b27-18+. The van der Waals surface area contributed by atoms with Crippen LogP contribution in [0.5, 0.6) is 0 Å². The van der Waals surface area contributed by atoms with Crippen molar-refractivity contribution in [3.05, 3.63) is 88.9 Å². The summed E-state index contributed by atoms with van der Waals surface area (Å²) in [4.78, 5) is 12.8. The Kier molecular flexibility index (Phi) is 7.98. The number of anilines is 1. The van der Waals surface area contributed by atoms with E-state index in [1.54, 1.807) is 37.3 Å². The number of carbonyl (C=O) groups excluding carboxylic acids is 1. The molecule has 1 heterocycles. The molecule has 1 saturated heterocycles. The minimum Gasteiger partial charge on any atom is -0.278 e. The number of benzene rings is 3. The van der Waals surface area contributed by atoms with Crippen molar-refractivity contribution in [2.75, 3.05) is 17.8 Å². The van der Waals surface area contributed by atoms with Gasteiger partial charge in [0, 0.05) is 18.7 Å². The summed E-state index contributed by atoms with van der Waals surface area (Å²) in [5.41, 5.74) is 3.79. The van der Waals surface area contributed by atoms with Crippen molar-refractivity contribution in [1.82, 2.24) is 9.73 Å². The smallest absolute Gasteiger partial charge is 0.271 e. The first-order valence-electron chi connectivity index (χ1n) is 11.4. The summed E-state index contributed by atoms with van der Waals surface area (Å²) in [6.07, 6.45) is 1.71. The van der Waals surface area contributed by atoms with Crippen LogP contribution in [0.25, 0.3) is 0 Å². The van der Waals surface area contributed by atoms with Gasteiger partial charge in [0.2, 0.25) is 10.0 Å². The fourth-order valence-electron chi connectivity index (χ4n) is 3.76. The Morgan fingerprint density at radius 2 is 1.54 bits per heavy atom. The van der Waals surface area contributed by atoms with Crippen molar-refractivity contribution in [3.63, 3.8) is 0 Å². The molecule has 0 bridgehead atoms. The van der Waals surface area contributed by atoms with E-state index in [1.165, 1.54) is 46.8 Å². The fourth-order valence-corrected chi connectivity index (χ4v) is 6.64. The summed E-state index contributed by atoms with van der Waals surface area (Å²) in [5, 5.41) is 4.33. The highest BCUT2D eigenvalue weighted by atomic mass is 35.5. The molecular weight excluding hydrogens is 536 g/mol. The quantitative estimate of drug-likeness (QED) is 0.317. The molecule has 0 spiro atoms. The van der Waals surface area contributed by atoms with Crippen LogP contribution >= 0.6 is 11.6 Å². The minimum atomic E-state index is -3.99. The van der Waals surface area contributed by atoms with Gasteiger partial charge in [0.1, 0.15) is 0 Å². The van der Waals surface area contributed by atoms with Crippen LogP contribution in [-0.2, 0) is 20.0 Å². The average Bonchev–Trinajstić information content (AvgIpc) is 3.45. The third-order valence-corrected chi connectivity index (χ3v) is 9.43. The number of rotatable bonds is 8. The molecule has 0 saturated carbocycles. The zero-order valence-corrected chi connectivity index (χ0v) is 22.3. The van der Waals surface area contributed by atoms with Gasteiger partial charge in [-0.25, -0.2) is 22.3 Å². The molecule has 0 radical (unpaired) electrons. The highest BCUT2D eigenvalue weighted by Gasteiger charge is 2.27. The molecular formula is C25H25ClN4O5S2. The van der Waals surface area contributed by atoms with Crippen LogP contribution in [0.1, 0.15) is 35.7 Å². The van der Waals surface area contributed by atoms with E-state index in [2.05, 4.69) is 15.2 Å². The molecule has 1 aliphatic heterocycles. The fraction of sp³-hybridized carbons (Fsp3) is 0.200. The lowest BCUT2D eigenvalue weighted by atomic mass is 10.1. The second-order valence-corrected chi connectivity index (χ2v) is 12.4. The molecule has 12 heteroatoms. The van der Waals surface area contributed by atoms with Gasteiger partial charge in [0.25, 0.3) is 15.9 Å². The van der Waals surface area contributed by atoms with Crippen LogP contribution in [0.15, 0.2) is 87.7 Å². The Labute approximate surface area is 221 Å². The Hall–Kier alpha value is -3.25. The Morgan fingerprint density at radius 3 is 2.22 bits per heavy atom. The number of hydrogen-bond acceptors (Lipinski definition) is 6. The predicted octanol–water partition coefficient (Wildman–Crippen LogP) is 4.08. The second kappa shape index (κ2) is 11.0. The summed E-state index contributed by atoms with van der Waals surface area (Å²) in [5.74, 6) is -0.609. The van der Waals surface area contributed by atoms with Crippen LogP contribution in [0.2, 0.25) is 5.02 Å². The lowest BCUT2D eigenvalue weighted by Gasteiger charge is -2.15. The first-order valence-corrected chi connectivity index (χ1v) is 14.7. The molecule has 0 aliphatic carbocycles. The molecule has 2 N–H and O–H groups in total. The highest BCUT2D eigenvalue weighted by molar-refractivity contribution is 7.92. The van der Waals surface area contributed by atoms with Crippen LogP contribution < -0.4 is 10.1 Å². The number of halogens is 1. The van der Waals surface area contributed by atoms with E-state index in [0.717, 1.165) is 12.8 Å². The second-order valence-electron chi connectivity index (χ2n) is 8.39. The van der Waals surface area contributed by atoms with Gasteiger partial charge >= 0.3 is 0 Å². The molecule has 194 valence electrons. The number of hydrogen-bond donors (Lipinski definition) is 2. The number of carbonyl (C=O) groups is 1. The van der Waals surface area contributed by atoms with Crippen LogP contribution in [0.4, 0.5) is 5.69 Å². The Balaban J connectivity index is 1.45. The number of nitrogens with one attached hydrogen (secondary N) is 2. The van der Waals surface area contributed by atoms with Crippen LogP contribution in [0, 0.1) is 0 Å². The van der Waals surface area contributed by atoms with Gasteiger partial charge in [-0.15, -0.1) is 0 Å². The predicted molar refractivity (Wildman–Crippen MR) is 143 cm³/mol. The third kappa shape index (κ3) is 6.19. The highest BCUT2D eigenvalue weighted by Crippen LogP contribution is 2.24. The van der Waals surface area contributed by atoms with E-state index >= 15 is 0 Å². The molecule has 1 fully saturated rings. The molecule has 3 aromatic rings. The number of para-hydroxylation sites is 1. The van der Waals surface area contributed by atoms with E-state index in [1.807, 2.05) is 0 Å². The van der Waals surface area contributed by atoms with Gasteiger partial charge in [-0.3, -0.25) is 9.52 Å². The molecule has 9 nitrogen and oxygen atoms in total. The molecule has 3 aromatic carbocycles. The molecule has 0 unspecified atom stereocenters. The van der Waals surface area contributed by atoms with Crippen LogP contribution in [0.3, 0.4) is 0 Å². The topological polar surface area (TPSA) is 125 Å². The number of hydrazone groups is 1. The molecule has 4 rings (SSSR count). The van der Waals surface area contributed by atoms with E-state index in [0.29, 0.717) is 24.4 Å². The van der Waals surface area contributed by atoms with E-state index in [9.17, 15) is 21.6 Å². The minimum absolute atomic E-state index is 0.0886. The van der Waals surface area contributed by atoms with Gasteiger partial charge in [0.15, 0.2) is 0 Å². The molecule has 0 atom stereocenters. The lowest BCUT2D eigenvalue weighted by Crippen LogP contribution is -2.27. The molecule has 1 amide bonds. The summed E-state index contributed by atoms with van der Waals surface area (Å²) in [7, 11) is -7.51. The maximum Gasteiger partial charge on any atom is 0.271 e. The number of nitrogens with zero attached hydrogens (tertiary/aromatic N) is 2.